The molecule has 0 radical (unpaired) electrons. The number of aryl methyl sites for hydroxylation is 1. The zero-order valence-electron chi connectivity index (χ0n) is 9.38. The van der Waals surface area contributed by atoms with Crippen LogP contribution in [0.25, 0.3) is 0 Å². The van der Waals surface area contributed by atoms with Crippen LogP contribution in [-0.2, 0) is 11.2 Å². The molecule has 0 saturated carbocycles. The third-order valence-corrected chi connectivity index (χ3v) is 3.13. The summed E-state index contributed by atoms with van der Waals surface area (Å²) >= 11 is 5.93. The molecule has 0 fully saturated rings. The van der Waals surface area contributed by atoms with E-state index in [9.17, 15) is 9.90 Å². The molecule has 0 aliphatic rings. The van der Waals surface area contributed by atoms with Crippen molar-refractivity contribution in [1.29, 1.82) is 0 Å². The van der Waals surface area contributed by atoms with Gasteiger partial charge in [-0.25, -0.2) is 0 Å². The first-order valence-corrected chi connectivity index (χ1v) is 5.50. The molecule has 16 heavy (non-hydrogen) atoms. The third-order valence-electron chi connectivity index (χ3n) is 2.65. The number of hydrogen-bond donors (Lipinski definition) is 2. The Hall–Kier alpha value is -1.22. The van der Waals surface area contributed by atoms with Gasteiger partial charge >= 0.3 is 5.97 Å². The van der Waals surface area contributed by atoms with E-state index in [0.29, 0.717) is 17.9 Å². The highest BCUT2D eigenvalue weighted by Gasteiger charge is 2.11. The molecule has 0 spiro atoms. The maximum Gasteiger partial charge on any atom is 0.303 e. The van der Waals surface area contributed by atoms with Gasteiger partial charge in [0.1, 0.15) is 5.75 Å². The number of phenols is 1. The van der Waals surface area contributed by atoms with E-state index in [0.717, 1.165) is 16.7 Å². The first kappa shape index (κ1) is 12.8. The van der Waals surface area contributed by atoms with Crippen molar-refractivity contribution in [2.24, 2.45) is 0 Å². The topological polar surface area (TPSA) is 57.5 Å². The lowest BCUT2D eigenvalue weighted by molar-refractivity contribution is -0.137. The van der Waals surface area contributed by atoms with Crippen molar-refractivity contribution in [1.82, 2.24) is 0 Å². The van der Waals surface area contributed by atoms with Crippen LogP contribution in [0.1, 0.15) is 29.5 Å². The van der Waals surface area contributed by atoms with E-state index in [4.69, 9.17) is 16.7 Å². The summed E-state index contributed by atoms with van der Waals surface area (Å²) in [6, 6.07) is 1.62. The van der Waals surface area contributed by atoms with E-state index < -0.39 is 5.97 Å². The average Bonchev–Trinajstić information content (AvgIpc) is 2.19. The molecule has 1 aromatic carbocycles. The van der Waals surface area contributed by atoms with Crippen LogP contribution in [0.15, 0.2) is 6.07 Å². The third kappa shape index (κ3) is 2.89. The molecule has 0 heterocycles. The van der Waals surface area contributed by atoms with Gasteiger partial charge in [0.2, 0.25) is 0 Å². The summed E-state index contributed by atoms with van der Waals surface area (Å²) in [6.07, 6.45) is 1.40. The van der Waals surface area contributed by atoms with E-state index in [1.54, 1.807) is 6.07 Å². The summed E-state index contributed by atoms with van der Waals surface area (Å²) in [5.74, 6) is -0.709. The maximum atomic E-state index is 10.4. The van der Waals surface area contributed by atoms with Crippen LogP contribution in [0.2, 0.25) is 5.02 Å². The molecular formula is C12H15ClO3. The number of carboxylic acids is 1. The Morgan fingerprint density at radius 1 is 1.44 bits per heavy atom. The number of aliphatic carboxylic acids is 1. The zero-order chi connectivity index (χ0) is 12.3. The molecule has 0 aromatic heterocycles. The van der Waals surface area contributed by atoms with Gasteiger partial charge in [0, 0.05) is 6.42 Å². The molecule has 88 valence electrons. The second kappa shape index (κ2) is 5.21. The van der Waals surface area contributed by atoms with Gasteiger partial charge in [-0.3, -0.25) is 4.79 Å². The smallest absolute Gasteiger partial charge is 0.303 e. The summed E-state index contributed by atoms with van der Waals surface area (Å²) in [5, 5.41) is 18.4. The molecule has 2 N–H and O–H groups in total. The van der Waals surface area contributed by atoms with E-state index in [2.05, 4.69) is 0 Å². The predicted molar refractivity (Wildman–Crippen MR) is 63.2 cm³/mol. The number of carboxylic acid groups (broad SMARTS) is 1. The Morgan fingerprint density at radius 3 is 2.62 bits per heavy atom. The van der Waals surface area contributed by atoms with Gasteiger partial charge in [-0.2, -0.15) is 0 Å². The quantitative estimate of drug-likeness (QED) is 0.853. The Bertz CT molecular complexity index is 413. The number of benzene rings is 1. The lowest BCUT2D eigenvalue weighted by Gasteiger charge is -2.12. The van der Waals surface area contributed by atoms with Crippen molar-refractivity contribution in [2.45, 2.75) is 33.1 Å². The SMILES string of the molecule is Cc1cc(O)c(Cl)c(C)c1CCCC(=O)O. The highest BCUT2D eigenvalue weighted by molar-refractivity contribution is 6.32. The molecule has 1 rings (SSSR count). The number of aromatic hydroxyl groups is 1. The highest BCUT2D eigenvalue weighted by atomic mass is 35.5. The van der Waals surface area contributed by atoms with Crippen LogP contribution >= 0.6 is 11.6 Å². The van der Waals surface area contributed by atoms with Crippen molar-refractivity contribution in [2.75, 3.05) is 0 Å². The molecule has 0 aliphatic carbocycles. The van der Waals surface area contributed by atoms with Gasteiger partial charge in [0.25, 0.3) is 0 Å². The normalized spacial score (nSPS) is 10.4. The fourth-order valence-corrected chi connectivity index (χ4v) is 1.95. The largest absolute Gasteiger partial charge is 0.506 e. The molecular weight excluding hydrogens is 228 g/mol. The molecule has 1 aromatic rings. The van der Waals surface area contributed by atoms with Crippen LogP contribution < -0.4 is 0 Å². The summed E-state index contributed by atoms with van der Waals surface area (Å²) in [5.41, 5.74) is 2.82. The lowest BCUT2D eigenvalue weighted by Crippen LogP contribution is -1.99. The molecule has 4 heteroatoms. The molecule has 0 atom stereocenters. The Balaban J connectivity index is 2.87. The minimum Gasteiger partial charge on any atom is -0.506 e. The molecule has 0 saturated heterocycles. The first-order valence-electron chi connectivity index (χ1n) is 5.12. The minimum absolute atomic E-state index is 0.0821. The number of rotatable bonds is 4. The molecule has 0 bridgehead atoms. The maximum absolute atomic E-state index is 10.4. The average molecular weight is 243 g/mol. The number of hydrogen-bond acceptors (Lipinski definition) is 2. The molecule has 0 unspecified atom stereocenters. The van der Waals surface area contributed by atoms with Gasteiger partial charge < -0.3 is 10.2 Å². The highest BCUT2D eigenvalue weighted by Crippen LogP contribution is 2.32. The van der Waals surface area contributed by atoms with Gasteiger partial charge in [-0.1, -0.05) is 11.6 Å². The fourth-order valence-electron chi connectivity index (χ4n) is 1.78. The lowest BCUT2D eigenvalue weighted by atomic mass is 9.97. The van der Waals surface area contributed by atoms with E-state index in [1.807, 2.05) is 13.8 Å². The predicted octanol–water partition coefficient (Wildman–Crippen LogP) is 3.07. The van der Waals surface area contributed by atoms with Crippen LogP contribution in [0.4, 0.5) is 0 Å². The number of carbonyl (C=O) groups is 1. The Morgan fingerprint density at radius 2 is 2.06 bits per heavy atom. The van der Waals surface area contributed by atoms with Gasteiger partial charge in [-0.05, 0) is 49.4 Å². The monoisotopic (exact) mass is 242 g/mol. The van der Waals surface area contributed by atoms with Gasteiger partial charge in [-0.15, -0.1) is 0 Å². The van der Waals surface area contributed by atoms with Crippen LogP contribution in [0.3, 0.4) is 0 Å². The van der Waals surface area contributed by atoms with E-state index >= 15 is 0 Å². The summed E-state index contributed by atoms with van der Waals surface area (Å²) in [4.78, 5) is 10.4. The summed E-state index contributed by atoms with van der Waals surface area (Å²) in [7, 11) is 0. The number of halogens is 1. The first-order chi connectivity index (χ1) is 7.43. The van der Waals surface area contributed by atoms with Crippen molar-refractivity contribution >= 4 is 17.6 Å². The van der Waals surface area contributed by atoms with Crippen molar-refractivity contribution in [3.8, 4) is 5.75 Å². The van der Waals surface area contributed by atoms with Crippen molar-refractivity contribution in [3.05, 3.63) is 27.8 Å². The van der Waals surface area contributed by atoms with E-state index in [-0.39, 0.29) is 12.2 Å². The summed E-state index contributed by atoms with van der Waals surface area (Å²) < 4.78 is 0. The Kier molecular flexibility index (Phi) is 4.19. The van der Waals surface area contributed by atoms with Crippen molar-refractivity contribution in [3.63, 3.8) is 0 Å². The van der Waals surface area contributed by atoms with E-state index in [1.165, 1.54) is 0 Å². The fraction of sp³-hybridized carbons (Fsp3) is 0.417. The minimum atomic E-state index is -0.791. The van der Waals surface area contributed by atoms with Gasteiger partial charge in [0.15, 0.2) is 0 Å². The molecule has 3 nitrogen and oxygen atoms in total. The second-order valence-corrected chi connectivity index (χ2v) is 4.26. The van der Waals surface area contributed by atoms with Crippen LogP contribution in [-0.4, -0.2) is 16.2 Å². The molecule has 0 amide bonds. The van der Waals surface area contributed by atoms with Gasteiger partial charge in [0.05, 0.1) is 5.02 Å². The Labute approximate surface area is 99.7 Å². The molecule has 0 aliphatic heterocycles. The zero-order valence-corrected chi connectivity index (χ0v) is 10.1. The van der Waals surface area contributed by atoms with Crippen LogP contribution in [0.5, 0.6) is 5.75 Å². The van der Waals surface area contributed by atoms with Crippen LogP contribution in [0, 0.1) is 13.8 Å². The standard InChI is InChI=1S/C12H15ClO3/c1-7-6-10(14)12(13)8(2)9(7)4-3-5-11(15)16/h6,14H,3-5H2,1-2H3,(H,15,16). The summed E-state index contributed by atoms with van der Waals surface area (Å²) in [6.45, 7) is 3.73. The van der Waals surface area contributed by atoms with Crippen molar-refractivity contribution < 1.29 is 15.0 Å². The number of phenolic OH excluding ortho intramolecular Hbond substituents is 1. The second-order valence-electron chi connectivity index (χ2n) is 3.88.